The zero-order valence-corrected chi connectivity index (χ0v) is 9.83. The van der Waals surface area contributed by atoms with E-state index >= 15 is 0 Å². The second kappa shape index (κ2) is 4.75. The van der Waals surface area contributed by atoms with Crippen LogP contribution in [0.15, 0.2) is 5.34 Å². The van der Waals surface area contributed by atoms with Crippen LogP contribution >= 0.6 is 10.9 Å². The summed E-state index contributed by atoms with van der Waals surface area (Å²) in [5.74, 6) is 0. The third-order valence-electron chi connectivity index (χ3n) is 1.56. The van der Waals surface area contributed by atoms with Crippen molar-refractivity contribution < 1.29 is 4.28 Å². The Kier molecular flexibility index (Phi) is 4.62. The van der Waals surface area contributed by atoms with Gasteiger partial charge in [-0.1, -0.05) is 0 Å². The largest absolute Gasteiger partial charge is 0.268 e. The van der Waals surface area contributed by atoms with E-state index in [1.54, 1.807) is 0 Å². The average Bonchev–Trinajstić information content (AvgIpc) is 1.97. The van der Waals surface area contributed by atoms with E-state index in [2.05, 4.69) is 5.34 Å². The van der Waals surface area contributed by atoms with Gasteiger partial charge >= 0.3 is 0 Å². The van der Waals surface area contributed by atoms with Gasteiger partial charge in [-0.15, -0.1) is 4.91 Å². The Labute approximate surface area is 81.3 Å². The van der Waals surface area contributed by atoms with E-state index < -0.39 is 10.9 Å². The Morgan fingerprint density at radius 3 is 1.31 bits per heavy atom. The van der Waals surface area contributed by atoms with Crippen LogP contribution in [0.4, 0.5) is 0 Å². The van der Waals surface area contributed by atoms with E-state index in [4.69, 9.17) is 4.28 Å². The lowest BCUT2D eigenvalue weighted by Gasteiger charge is -2.48. The van der Waals surface area contributed by atoms with Crippen LogP contribution in [-0.2, 0) is 4.28 Å². The van der Waals surface area contributed by atoms with Crippen LogP contribution in [0.5, 0.6) is 0 Å². The summed E-state index contributed by atoms with van der Waals surface area (Å²) >= 11 is 0. The molecule has 0 atom stereocenters. The monoisotopic (exact) mass is 210 g/mol. The minimum Gasteiger partial charge on any atom is -0.268 e. The van der Waals surface area contributed by atoms with Crippen molar-refractivity contribution in [2.75, 3.05) is 42.3 Å². The molecule has 0 aliphatic rings. The minimum absolute atomic E-state index is 1.84. The first-order valence-electron chi connectivity index (χ1n) is 3.76. The first-order valence-corrected chi connectivity index (χ1v) is 5.19. The van der Waals surface area contributed by atoms with E-state index in [-0.39, 0.29) is 0 Å². The van der Waals surface area contributed by atoms with E-state index in [0.717, 1.165) is 0 Å². The summed E-state index contributed by atoms with van der Waals surface area (Å²) in [6.07, 6.45) is 0. The first kappa shape index (κ1) is 12.6. The summed E-state index contributed by atoms with van der Waals surface area (Å²) in [5.41, 5.74) is 0. The first-order chi connectivity index (χ1) is 5.89. The molecule has 0 unspecified atom stereocenters. The highest BCUT2D eigenvalue weighted by atomic mass is 32.3. The lowest BCUT2D eigenvalue weighted by Crippen LogP contribution is -2.41. The Bertz CT molecular complexity index is 152. The van der Waals surface area contributed by atoms with Gasteiger partial charge in [0.15, 0.2) is 5.34 Å². The van der Waals surface area contributed by atoms with Crippen molar-refractivity contribution in [1.82, 2.24) is 12.9 Å². The van der Waals surface area contributed by atoms with Crippen LogP contribution in [0, 0.1) is 4.91 Å². The number of hydrogen-bond donors (Lipinski definition) is 0. The quantitative estimate of drug-likeness (QED) is 0.497. The number of hydrogen-bond acceptors (Lipinski definition) is 6. The highest BCUT2D eigenvalue weighted by Gasteiger charge is 2.35. The van der Waals surface area contributed by atoms with Crippen molar-refractivity contribution in [3.63, 3.8) is 0 Å². The molecule has 0 saturated heterocycles. The van der Waals surface area contributed by atoms with Gasteiger partial charge in [0.05, 0.1) is 0 Å². The van der Waals surface area contributed by atoms with Gasteiger partial charge in [-0.2, -0.15) is 0 Å². The van der Waals surface area contributed by atoms with Crippen molar-refractivity contribution >= 4 is 10.9 Å². The Hall–Kier alpha value is -0.370. The molecule has 6 nitrogen and oxygen atoms in total. The van der Waals surface area contributed by atoms with Gasteiger partial charge in [-0.05, 0) is 0 Å². The van der Waals surface area contributed by atoms with Crippen molar-refractivity contribution in [3.8, 4) is 0 Å². The molecule has 0 radical (unpaired) electrons. The number of nitrogens with zero attached hydrogens (tertiary/aromatic N) is 4. The van der Waals surface area contributed by atoms with Crippen molar-refractivity contribution in [3.05, 3.63) is 4.91 Å². The van der Waals surface area contributed by atoms with Crippen LogP contribution in [0.3, 0.4) is 0 Å². The van der Waals surface area contributed by atoms with E-state index in [1.807, 2.05) is 55.2 Å². The van der Waals surface area contributed by atoms with Crippen molar-refractivity contribution in [2.45, 2.75) is 0 Å². The lowest BCUT2D eigenvalue weighted by molar-refractivity contribution is 0.281. The second-order valence-electron chi connectivity index (χ2n) is 3.05. The SMILES string of the molecule is CN(C)S(ON=O)(N(C)C)N(C)C. The van der Waals surface area contributed by atoms with Gasteiger partial charge in [0.25, 0.3) is 0 Å². The van der Waals surface area contributed by atoms with Crippen LogP contribution < -0.4 is 0 Å². The molecule has 0 N–H and O–H groups in total. The maximum absolute atomic E-state index is 10.2. The highest BCUT2D eigenvalue weighted by molar-refractivity contribution is 8.23. The molecule has 0 aliphatic carbocycles. The fourth-order valence-electron chi connectivity index (χ4n) is 1.22. The predicted octanol–water partition coefficient (Wildman–Crippen LogP) is 0.834. The lowest BCUT2D eigenvalue weighted by atomic mass is 11.2. The van der Waals surface area contributed by atoms with E-state index in [0.29, 0.717) is 0 Å². The summed E-state index contributed by atoms with van der Waals surface area (Å²) in [5, 5.41) is 2.53. The summed E-state index contributed by atoms with van der Waals surface area (Å²) in [6, 6.07) is 0. The molecule has 0 heterocycles. The summed E-state index contributed by atoms with van der Waals surface area (Å²) in [4.78, 5) is 10.2. The molecule has 0 amide bonds. The third-order valence-corrected chi connectivity index (χ3v) is 4.67. The van der Waals surface area contributed by atoms with Gasteiger partial charge in [0.1, 0.15) is 10.9 Å². The summed E-state index contributed by atoms with van der Waals surface area (Å²) < 4.78 is 10.5. The normalized spacial score (nSPS) is 13.9. The molecule has 80 valence electrons. The van der Waals surface area contributed by atoms with E-state index in [1.165, 1.54) is 0 Å². The van der Waals surface area contributed by atoms with Gasteiger partial charge in [-0.25, -0.2) is 12.9 Å². The predicted molar refractivity (Wildman–Crippen MR) is 55.5 cm³/mol. The average molecular weight is 210 g/mol. The second-order valence-corrected chi connectivity index (χ2v) is 6.33. The molecule has 7 heteroatoms. The maximum atomic E-state index is 10.2. The van der Waals surface area contributed by atoms with Gasteiger partial charge < -0.3 is 0 Å². The third kappa shape index (κ3) is 2.31. The maximum Gasteiger partial charge on any atom is 0.170 e. The molecule has 0 aromatic carbocycles. The smallest absolute Gasteiger partial charge is 0.170 e. The fourth-order valence-corrected chi connectivity index (χ4v) is 3.66. The summed E-state index contributed by atoms with van der Waals surface area (Å²) in [6.45, 7) is 0. The Morgan fingerprint density at radius 1 is 0.923 bits per heavy atom. The topological polar surface area (TPSA) is 48.4 Å². The molecule has 0 rings (SSSR count). The molecule has 0 aliphatic heterocycles. The molecule has 0 aromatic rings. The Balaban J connectivity index is 4.92. The molecular formula is C6H18N4O2S. The minimum atomic E-state index is -1.88. The van der Waals surface area contributed by atoms with E-state index in [9.17, 15) is 4.91 Å². The van der Waals surface area contributed by atoms with Crippen LogP contribution in [-0.4, -0.2) is 55.2 Å². The van der Waals surface area contributed by atoms with Crippen molar-refractivity contribution in [2.24, 2.45) is 5.34 Å². The Morgan fingerprint density at radius 2 is 1.23 bits per heavy atom. The molecule has 0 fully saturated rings. The molecular weight excluding hydrogens is 192 g/mol. The molecule has 0 spiro atoms. The summed E-state index contributed by atoms with van der Waals surface area (Å²) in [7, 11) is 9.21. The zero-order valence-electron chi connectivity index (χ0n) is 9.01. The van der Waals surface area contributed by atoms with Gasteiger partial charge in [0, 0.05) is 42.3 Å². The van der Waals surface area contributed by atoms with Crippen LogP contribution in [0.25, 0.3) is 0 Å². The van der Waals surface area contributed by atoms with Crippen molar-refractivity contribution in [1.29, 1.82) is 0 Å². The molecule has 0 bridgehead atoms. The molecule has 0 saturated carbocycles. The highest BCUT2D eigenvalue weighted by Crippen LogP contribution is 2.54. The van der Waals surface area contributed by atoms with Gasteiger partial charge in [-0.3, -0.25) is 4.28 Å². The number of rotatable bonds is 5. The zero-order chi connectivity index (χ0) is 10.6. The molecule has 0 aromatic heterocycles. The van der Waals surface area contributed by atoms with Crippen LogP contribution in [0.1, 0.15) is 0 Å². The van der Waals surface area contributed by atoms with Crippen LogP contribution in [0.2, 0.25) is 0 Å². The molecule has 13 heavy (non-hydrogen) atoms. The standard InChI is InChI=1S/C6H18N4O2S/c1-8(2)13(9(3)4,10(5)6)12-7-11/h1-6H3. The fraction of sp³-hybridized carbons (Fsp3) is 1.00. The van der Waals surface area contributed by atoms with Gasteiger partial charge in [0.2, 0.25) is 0 Å².